The predicted molar refractivity (Wildman–Crippen MR) is 60.7 cm³/mol. The third kappa shape index (κ3) is 1.61. The Hall–Kier alpha value is -1.42. The van der Waals surface area contributed by atoms with Gasteiger partial charge in [-0.15, -0.1) is 0 Å². The molecule has 0 aliphatic carbocycles. The Balaban J connectivity index is 2.63. The van der Waals surface area contributed by atoms with Crippen molar-refractivity contribution >= 4 is 11.0 Å². The molecule has 4 nitrogen and oxygen atoms in total. The van der Waals surface area contributed by atoms with Gasteiger partial charge in [-0.05, 0) is 13.0 Å². The number of aromatic nitrogens is 3. The summed E-state index contributed by atoms with van der Waals surface area (Å²) >= 11 is 0. The van der Waals surface area contributed by atoms with Gasteiger partial charge in [0.05, 0.1) is 11.7 Å². The number of pyridine rings is 1. The number of nitrogens with two attached hydrogens (primary N) is 1. The molecule has 0 fully saturated rings. The summed E-state index contributed by atoms with van der Waals surface area (Å²) in [5.41, 5.74) is 7.78. The fraction of sp³-hybridized carbons (Fsp3) is 0.455. The van der Waals surface area contributed by atoms with Crippen LogP contribution in [0.4, 0.5) is 0 Å². The van der Waals surface area contributed by atoms with Gasteiger partial charge in [0, 0.05) is 25.2 Å². The minimum Gasteiger partial charge on any atom is -0.330 e. The number of fused-ring (bicyclic) bond motifs is 1. The van der Waals surface area contributed by atoms with Crippen LogP contribution in [-0.4, -0.2) is 21.1 Å². The highest BCUT2D eigenvalue weighted by atomic mass is 15.1. The standard InChI is InChI=1S/C11H16N4/c1-3-15-10-4-5-13-7-9(10)14-11(15)8(2)6-12/h4-5,7-8H,3,6,12H2,1-2H3. The van der Waals surface area contributed by atoms with E-state index in [2.05, 4.69) is 28.4 Å². The predicted octanol–water partition coefficient (Wildman–Crippen LogP) is 1.51. The molecule has 2 aromatic heterocycles. The fourth-order valence-corrected chi connectivity index (χ4v) is 1.81. The Labute approximate surface area is 89.1 Å². The zero-order valence-corrected chi connectivity index (χ0v) is 9.14. The van der Waals surface area contributed by atoms with Gasteiger partial charge < -0.3 is 10.3 Å². The van der Waals surface area contributed by atoms with Crippen LogP contribution in [-0.2, 0) is 6.54 Å². The van der Waals surface area contributed by atoms with Crippen LogP contribution >= 0.6 is 0 Å². The summed E-state index contributed by atoms with van der Waals surface area (Å²) in [5, 5.41) is 0. The lowest BCUT2D eigenvalue weighted by molar-refractivity contribution is 0.638. The minimum absolute atomic E-state index is 0.289. The number of rotatable bonds is 3. The van der Waals surface area contributed by atoms with Crippen LogP contribution in [0.15, 0.2) is 18.5 Å². The highest BCUT2D eigenvalue weighted by molar-refractivity contribution is 5.74. The van der Waals surface area contributed by atoms with Gasteiger partial charge >= 0.3 is 0 Å². The molecule has 0 spiro atoms. The molecular weight excluding hydrogens is 188 g/mol. The summed E-state index contributed by atoms with van der Waals surface area (Å²) in [6.45, 7) is 5.76. The monoisotopic (exact) mass is 204 g/mol. The van der Waals surface area contributed by atoms with Crippen molar-refractivity contribution in [3.63, 3.8) is 0 Å². The first kappa shape index (κ1) is 10.1. The lowest BCUT2D eigenvalue weighted by atomic mass is 10.2. The van der Waals surface area contributed by atoms with Crippen LogP contribution in [0.1, 0.15) is 25.6 Å². The summed E-state index contributed by atoms with van der Waals surface area (Å²) in [4.78, 5) is 8.65. The first-order valence-electron chi connectivity index (χ1n) is 5.28. The van der Waals surface area contributed by atoms with E-state index in [0.29, 0.717) is 6.54 Å². The quantitative estimate of drug-likeness (QED) is 0.824. The van der Waals surface area contributed by atoms with Gasteiger partial charge in [-0.2, -0.15) is 0 Å². The maximum absolute atomic E-state index is 5.68. The van der Waals surface area contributed by atoms with Crippen molar-refractivity contribution in [2.75, 3.05) is 6.54 Å². The Bertz CT molecular complexity index is 461. The van der Waals surface area contributed by atoms with E-state index in [1.807, 2.05) is 6.07 Å². The van der Waals surface area contributed by atoms with Gasteiger partial charge in [-0.1, -0.05) is 6.92 Å². The van der Waals surface area contributed by atoms with Crippen molar-refractivity contribution in [2.45, 2.75) is 26.3 Å². The van der Waals surface area contributed by atoms with Crippen molar-refractivity contribution in [1.82, 2.24) is 14.5 Å². The van der Waals surface area contributed by atoms with E-state index in [4.69, 9.17) is 5.73 Å². The van der Waals surface area contributed by atoms with E-state index < -0.39 is 0 Å². The third-order valence-corrected chi connectivity index (χ3v) is 2.69. The van der Waals surface area contributed by atoms with Crippen molar-refractivity contribution in [1.29, 1.82) is 0 Å². The van der Waals surface area contributed by atoms with E-state index in [-0.39, 0.29) is 5.92 Å². The lowest BCUT2D eigenvalue weighted by Gasteiger charge is -2.10. The Kier molecular flexibility index (Phi) is 2.68. The molecule has 0 saturated carbocycles. The third-order valence-electron chi connectivity index (χ3n) is 2.69. The Morgan fingerprint density at radius 1 is 1.53 bits per heavy atom. The smallest absolute Gasteiger partial charge is 0.114 e. The molecule has 80 valence electrons. The zero-order chi connectivity index (χ0) is 10.8. The second-order valence-electron chi connectivity index (χ2n) is 3.72. The maximum Gasteiger partial charge on any atom is 0.114 e. The molecule has 0 saturated heterocycles. The molecule has 2 heterocycles. The Morgan fingerprint density at radius 2 is 2.33 bits per heavy atom. The average Bonchev–Trinajstić information content (AvgIpc) is 2.66. The fourth-order valence-electron chi connectivity index (χ4n) is 1.81. The van der Waals surface area contributed by atoms with Gasteiger partial charge in [0.2, 0.25) is 0 Å². The van der Waals surface area contributed by atoms with Gasteiger partial charge in [-0.3, -0.25) is 4.98 Å². The SMILES string of the molecule is CCn1c(C(C)CN)nc2cnccc21. The summed E-state index contributed by atoms with van der Waals surface area (Å²) in [6.07, 6.45) is 3.60. The van der Waals surface area contributed by atoms with Gasteiger partial charge in [0.25, 0.3) is 0 Å². The van der Waals surface area contributed by atoms with E-state index in [9.17, 15) is 0 Å². The highest BCUT2D eigenvalue weighted by Crippen LogP contribution is 2.20. The number of nitrogens with zero attached hydrogens (tertiary/aromatic N) is 3. The van der Waals surface area contributed by atoms with E-state index >= 15 is 0 Å². The van der Waals surface area contributed by atoms with Crippen molar-refractivity contribution in [2.24, 2.45) is 5.73 Å². The van der Waals surface area contributed by atoms with Crippen LogP contribution in [0.25, 0.3) is 11.0 Å². The topological polar surface area (TPSA) is 56.7 Å². The second kappa shape index (κ2) is 3.98. The summed E-state index contributed by atoms with van der Waals surface area (Å²) in [5.74, 6) is 1.35. The molecule has 0 amide bonds. The van der Waals surface area contributed by atoms with Crippen LogP contribution in [0.5, 0.6) is 0 Å². The normalized spacial score (nSPS) is 13.3. The molecular formula is C11H16N4. The van der Waals surface area contributed by atoms with Crippen molar-refractivity contribution in [3.05, 3.63) is 24.3 Å². The molecule has 2 aromatic rings. The largest absolute Gasteiger partial charge is 0.330 e. The van der Waals surface area contributed by atoms with Gasteiger partial charge in [0.1, 0.15) is 11.3 Å². The first-order chi connectivity index (χ1) is 7.27. The van der Waals surface area contributed by atoms with Crippen LogP contribution in [0.2, 0.25) is 0 Å². The average molecular weight is 204 g/mol. The zero-order valence-electron chi connectivity index (χ0n) is 9.14. The molecule has 0 aliphatic rings. The second-order valence-corrected chi connectivity index (χ2v) is 3.72. The minimum atomic E-state index is 0.289. The molecule has 0 aliphatic heterocycles. The van der Waals surface area contributed by atoms with E-state index in [1.54, 1.807) is 12.4 Å². The summed E-state index contributed by atoms with van der Waals surface area (Å²) in [7, 11) is 0. The molecule has 15 heavy (non-hydrogen) atoms. The van der Waals surface area contributed by atoms with Crippen LogP contribution < -0.4 is 5.73 Å². The number of aryl methyl sites for hydroxylation is 1. The summed E-state index contributed by atoms with van der Waals surface area (Å²) < 4.78 is 2.20. The number of imidazole rings is 1. The first-order valence-corrected chi connectivity index (χ1v) is 5.28. The molecule has 2 rings (SSSR count). The molecule has 0 bridgehead atoms. The molecule has 2 N–H and O–H groups in total. The van der Waals surface area contributed by atoms with Crippen molar-refractivity contribution < 1.29 is 0 Å². The van der Waals surface area contributed by atoms with Crippen LogP contribution in [0.3, 0.4) is 0 Å². The molecule has 4 heteroatoms. The van der Waals surface area contributed by atoms with Gasteiger partial charge in [-0.25, -0.2) is 4.98 Å². The number of hydrogen-bond donors (Lipinski definition) is 1. The van der Waals surface area contributed by atoms with Crippen molar-refractivity contribution in [3.8, 4) is 0 Å². The molecule has 1 atom stereocenters. The number of hydrogen-bond acceptors (Lipinski definition) is 3. The molecule has 1 unspecified atom stereocenters. The van der Waals surface area contributed by atoms with Crippen LogP contribution in [0, 0.1) is 0 Å². The van der Waals surface area contributed by atoms with Gasteiger partial charge in [0.15, 0.2) is 0 Å². The molecule has 0 radical (unpaired) electrons. The Morgan fingerprint density at radius 3 is 3.00 bits per heavy atom. The highest BCUT2D eigenvalue weighted by Gasteiger charge is 2.13. The van der Waals surface area contributed by atoms with E-state index in [0.717, 1.165) is 23.4 Å². The summed E-state index contributed by atoms with van der Waals surface area (Å²) in [6, 6.07) is 2.00. The molecule has 0 aromatic carbocycles. The maximum atomic E-state index is 5.68. The van der Waals surface area contributed by atoms with E-state index in [1.165, 1.54) is 0 Å². The lowest BCUT2D eigenvalue weighted by Crippen LogP contribution is -2.14.